The average Bonchev–Trinajstić information content (AvgIpc) is 2.87. The van der Waals surface area contributed by atoms with Crippen molar-refractivity contribution in [2.45, 2.75) is 51.3 Å². The predicted octanol–water partition coefficient (Wildman–Crippen LogP) is 2.05. The van der Waals surface area contributed by atoms with Crippen LogP contribution in [0.4, 0.5) is 4.39 Å². The molecule has 2 fully saturated rings. The van der Waals surface area contributed by atoms with Crippen LogP contribution in [0.25, 0.3) is 0 Å². The smallest absolute Gasteiger partial charge is 0.341 e. The highest BCUT2D eigenvalue weighted by atomic mass is 19.1. The zero-order valence-corrected chi connectivity index (χ0v) is 11.3. The monoisotopic (exact) mass is 272 g/mol. The van der Waals surface area contributed by atoms with Gasteiger partial charge >= 0.3 is 5.97 Å². The van der Waals surface area contributed by atoms with E-state index in [4.69, 9.17) is 9.47 Å². The van der Waals surface area contributed by atoms with Gasteiger partial charge in [0.05, 0.1) is 12.7 Å². The Bertz CT molecular complexity index is 344. The van der Waals surface area contributed by atoms with Crippen LogP contribution in [0, 0.1) is 11.8 Å². The number of hydrogen-bond acceptors (Lipinski definition) is 4. The maximum Gasteiger partial charge on any atom is 0.341 e. The second-order valence-electron chi connectivity index (χ2n) is 5.26. The number of esters is 1. The molecule has 108 valence electrons. The van der Waals surface area contributed by atoms with E-state index in [0.717, 1.165) is 19.3 Å². The molecule has 1 heterocycles. The summed E-state index contributed by atoms with van der Waals surface area (Å²) in [7, 11) is 0. The lowest BCUT2D eigenvalue weighted by molar-refractivity contribution is -0.153. The summed E-state index contributed by atoms with van der Waals surface area (Å²) < 4.78 is 24.4. The number of hydrogen-bond donors (Lipinski definition) is 0. The van der Waals surface area contributed by atoms with Gasteiger partial charge in [-0.25, -0.2) is 9.18 Å². The summed E-state index contributed by atoms with van der Waals surface area (Å²) >= 11 is 0. The summed E-state index contributed by atoms with van der Waals surface area (Å²) in [5.74, 6) is -1.45. The first-order valence-electron chi connectivity index (χ1n) is 7.10. The normalized spacial score (nSPS) is 33.2. The molecule has 1 aliphatic heterocycles. The van der Waals surface area contributed by atoms with E-state index in [1.807, 2.05) is 0 Å². The third kappa shape index (κ3) is 3.14. The van der Waals surface area contributed by atoms with Crippen LogP contribution in [-0.4, -0.2) is 37.2 Å². The molecule has 1 aliphatic carbocycles. The third-order valence-corrected chi connectivity index (χ3v) is 4.07. The van der Waals surface area contributed by atoms with Crippen LogP contribution in [0.2, 0.25) is 0 Å². The van der Waals surface area contributed by atoms with Gasteiger partial charge in [0.2, 0.25) is 6.17 Å². The minimum atomic E-state index is -1.68. The van der Waals surface area contributed by atoms with Crippen LogP contribution in [0.3, 0.4) is 0 Å². The van der Waals surface area contributed by atoms with E-state index in [2.05, 4.69) is 0 Å². The van der Waals surface area contributed by atoms with Crippen molar-refractivity contribution in [1.29, 1.82) is 0 Å². The summed E-state index contributed by atoms with van der Waals surface area (Å²) in [6, 6.07) is 0. The van der Waals surface area contributed by atoms with Crippen molar-refractivity contribution in [1.82, 2.24) is 0 Å². The molecule has 0 aromatic heterocycles. The number of carbonyl (C=O) groups is 2. The van der Waals surface area contributed by atoms with Gasteiger partial charge in [-0.15, -0.1) is 0 Å². The number of alkyl halides is 1. The molecule has 0 radical (unpaired) electrons. The van der Waals surface area contributed by atoms with Crippen LogP contribution in [0.15, 0.2) is 0 Å². The van der Waals surface area contributed by atoms with E-state index >= 15 is 0 Å². The van der Waals surface area contributed by atoms with E-state index in [1.54, 1.807) is 6.92 Å². The summed E-state index contributed by atoms with van der Waals surface area (Å²) in [4.78, 5) is 23.4. The molecule has 0 aromatic carbocycles. The minimum Gasteiger partial charge on any atom is -0.464 e. The Morgan fingerprint density at radius 2 is 2.26 bits per heavy atom. The Kier molecular flexibility index (Phi) is 4.91. The zero-order valence-electron chi connectivity index (χ0n) is 11.3. The fraction of sp³-hybridized carbons (Fsp3) is 0.857. The van der Waals surface area contributed by atoms with Gasteiger partial charge in [0.25, 0.3) is 0 Å². The van der Waals surface area contributed by atoms with Crippen LogP contribution in [0.5, 0.6) is 0 Å². The molecule has 4 atom stereocenters. The Morgan fingerprint density at radius 1 is 1.47 bits per heavy atom. The Hall–Kier alpha value is -0.970. The van der Waals surface area contributed by atoms with Crippen LogP contribution in [0.1, 0.15) is 39.0 Å². The first kappa shape index (κ1) is 14.4. The predicted molar refractivity (Wildman–Crippen MR) is 66.3 cm³/mol. The van der Waals surface area contributed by atoms with Gasteiger partial charge in [0, 0.05) is 24.9 Å². The van der Waals surface area contributed by atoms with E-state index in [9.17, 15) is 14.0 Å². The number of ketones is 1. The highest BCUT2D eigenvalue weighted by Gasteiger charge is 2.45. The van der Waals surface area contributed by atoms with Gasteiger partial charge < -0.3 is 9.47 Å². The van der Waals surface area contributed by atoms with Gasteiger partial charge in [0.1, 0.15) is 5.78 Å². The lowest BCUT2D eigenvalue weighted by Gasteiger charge is -2.30. The van der Waals surface area contributed by atoms with Crippen molar-refractivity contribution in [3.8, 4) is 0 Å². The molecule has 1 saturated carbocycles. The third-order valence-electron chi connectivity index (χ3n) is 4.07. The maximum absolute atomic E-state index is 14.2. The fourth-order valence-electron chi connectivity index (χ4n) is 3.11. The topological polar surface area (TPSA) is 52.6 Å². The van der Waals surface area contributed by atoms with Crippen LogP contribution in [-0.2, 0) is 19.1 Å². The van der Waals surface area contributed by atoms with Crippen LogP contribution < -0.4 is 0 Å². The second kappa shape index (κ2) is 6.46. The summed E-state index contributed by atoms with van der Waals surface area (Å²) in [5.41, 5.74) is 0. The molecule has 19 heavy (non-hydrogen) atoms. The van der Waals surface area contributed by atoms with Gasteiger partial charge in [-0.3, -0.25) is 4.79 Å². The highest BCUT2D eigenvalue weighted by Crippen LogP contribution is 2.36. The largest absolute Gasteiger partial charge is 0.464 e. The molecule has 5 heteroatoms. The molecule has 3 unspecified atom stereocenters. The summed E-state index contributed by atoms with van der Waals surface area (Å²) in [6.45, 7) is 2.23. The van der Waals surface area contributed by atoms with Gasteiger partial charge in [0.15, 0.2) is 0 Å². The average molecular weight is 272 g/mol. The number of halogens is 1. The maximum atomic E-state index is 14.2. The Morgan fingerprint density at radius 3 is 2.95 bits per heavy atom. The van der Waals surface area contributed by atoms with Crippen molar-refractivity contribution in [2.75, 3.05) is 13.2 Å². The number of ether oxygens (including phenoxy) is 2. The van der Waals surface area contributed by atoms with E-state index in [0.29, 0.717) is 19.4 Å². The van der Waals surface area contributed by atoms with Crippen molar-refractivity contribution in [3.05, 3.63) is 0 Å². The van der Waals surface area contributed by atoms with Gasteiger partial charge in [-0.05, 0) is 26.2 Å². The summed E-state index contributed by atoms with van der Waals surface area (Å²) in [5, 5.41) is 0. The van der Waals surface area contributed by atoms with Crippen molar-refractivity contribution >= 4 is 11.8 Å². The number of carbonyl (C=O) groups excluding carboxylic acids is 2. The Labute approximate surface area is 112 Å². The van der Waals surface area contributed by atoms with E-state index in [1.165, 1.54) is 0 Å². The quantitative estimate of drug-likeness (QED) is 0.735. The molecule has 2 aliphatic rings. The number of rotatable bonds is 4. The van der Waals surface area contributed by atoms with Crippen molar-refractivity contribution < 1.29 is 23.5 Å². The number of Topliss-reactive ketones (excluding diaryl/α,β-unsaturated/α-hetero) is 1. The molecule has 0 bridgehead atoms. The molecular weight excluding hydrogens is 251 g/mol. The molecule has 0 spiro atoms. The second-order valence-corrected chi connectivity index (χ2v) is 5.26. The molecular formula is C14H21FO4. The minimum absolute atomic E-state index is 0.152. The lowest BCUT2D eigenvalue weighted by Crippen LogP contribution is -2.40. The highest BCUT2D eigenvalue weighted by molar-refractivity contribution is 5.82. The van der Waals surface area contributed by atoms with Gasteiger partial charge in [-0.1, -0.05) is 6.42 Å². The SMILES string of the molecule is CCOC(=O)C(F)[C@@H]1CCOC1C1CCCCC1=O. The fourth-order valence-corrected chi connectivity index (χ4v) is 3.11. The lowest BCUT2D eigenvalue weighted by atomic mass is 9.78. The standard InChI is InChI=1S/C14H21FO4/c1-2-18-14(17)12(15)10-7-8-19-13(10)9-5-3-4-6-11(9)16/h9-10,12-13H,2-8H2,1H3/t9?,10-,12?,13?/m0/s1. The zero-order chi connectivity index (χ0) is 13.8. The van der Waals surface area contributed by atoms with Crippen LogP contribution >= 0.6 is 0 Å². The van der Waals surface area contributed by atoms with E-state index in [-0.39, 0.29) is 18.3 Å². The molecule has 1 saturated heterocycles. The first-order valence-corrected chi connectivity index (χ1v) is 7.10. The molecule has 0 N–H and O–H groups in total. The molecule has 0 aromatic rings. The van der Waals surface area contributed by atoms with E-state index < -0.39 is 24.2 Å². The van der Waals surface area contributed by atoms with Crippen molar-refractivity contribution in [2.24, 2.45) is 11.8 Å². The first-order chi connectivity index (χ1) is 9.15. The molecule has 2 rings (SSSR count). The molecule has 4 nitrogen and oxygen atoms in total. The summed E-state index contributed by atoms with van der Waals surface area (Å²) in [6.07, 6.45) is 1.52. The van der Waals surface area contributed by atoms with Gasteiger partial charge in [-0.2, -0.15) is 0 Å². The Balaban J connectivity index is 2.03. The van der Waals surface area contributed by atoms with Crippen molar-refractivity contribution in [3.63, 3.8) is 0 Å². The molecule has 0 amide bonds.